The van der Waals surface area contributed by atoms with Gasteiger partial charge in [-0.3, -0.25) is 0 Å². The van der Waals surface area contributed by atoms with E-state index in [1.165, 1.54) is 22.3 Å². The van der Waals surface area contributed by atoms with Gasteiger partial charge in [-0.2, -0.15) is 0 Å². The summed E-state index contributed by atoms with van der Waals surface area (Å²) in [6.07, 6.45) is 0.0578. The Morgan fingerprint density at radius 3 is 2.55 bits per heavy atom. The van der Waals surface area contributed by atoms with Crippen molar-refractivity contribution in [3.63, 3.8) is 0 Å². The van der Waals surface area contributed by atoms with Gasteiger partial charge in [0, 0.05) is 5.69 Å². The minimum atomic E-state index is -3.13. The number of hydrogen-bond donors (Lipinski definition) is 2. The monoisotopic (exact) mass is 315 g/mol. The van der Waals surface area contributed by atoms with E-state index in [0.29, 0.717) is 0 Å². The van der Waals surface area contributed by atoms with Crippen LogP contribution in [0.4, 0.5) is 5.69 Å². The Kier molecular flexibility index (Phi) is 3.03. The summed E-state index contributed by atoms with van der Waals surface area (Å²) in [6, 6.07) is 14.0. The second kappa shape index (κ2) is 4.83. The third-order valence-electron chi connectivity index (χ3n) is 4.47. The molecule has 22 heavy (non-hydrogen) atoms. The molecule has 2 atom stereocenters. The molecule has 0 saturated carbocycles. The molecule has 2 aromatic rings. The lowest BCUT2D eigenvalue weighted by Crippen LogP contribution is -2.31. The molecule has 5 heteroatoms. The maximum absolute atomic E-state index is 11.6. The molecule has 0 unspecified atom stereocenters. The first-order valence-corrected chi connectivity index (χ1v) is 9.20. The highest BCUT2D eigenvalue weighted by atomic mass is 32.2. The molecule has 0 aromatic heterocycles. The molecule has 0 spiro atoms. The number of fused-ring (bicyclic) bond motifs is 3. The number of hydrogen-bond acceptors (Lipinski definition) is 4. The molecule has 4 rings (SSSR count). The average Bonchev–Trinajstić information content (AvgIpc) is 2.95. The SMILES string of the molecule is O=S1(=O)C[C@@H](O)[C@@H](Nc2ccc3c(c2)Cc2ccccc2-3)C1. The fourth-order valence-electron chi connectivity index (χ4n) is 3.42. The number of aliphatic hydroxyl groups excluding tert-OH is 1. The Morgan fingerprint density at radius 1 is 1.00 bits per heavy atom. The zero-order chi connectivity index (χ0) is 15.3. The summed E-state index contributed by atoms with van der Waals surface area (Å²) in [5, 5.41) is 13.1. The van der Waals surface area contributed by atoms with Crippen molar-refractivity contribution in [1.82, 2.24) is 0 Å². The van der Waals surface area contributed by atoms with Crippen molar-refractivity contribution in [1.29, 1.82) is 0 Å². The highest BCUT2D eigenvalue weighted by Gasteiger charge is 2.36. The minimum Gasteiger partial charge on any atom is -0.390 e. The molecule has 2 aliphatic rings. The van der Waals surface area contributed by atoms with E-state index in [2.05, 4.69) is 29.6 Å². The molecule has 4 nitrogen and oxygen atoms in total. The molecule has 1 heterocycles. The van der Waals surface area contributed by atoms with Gasteiger partial charge in [-0.1, -0.05) is 30.3 Å². The van der Waals surface area contributed by atoms with Gasteiger partial charge in [0.1, 0.15) is 0 Å². The fraction of sp³-hybridized carbons (Fsp3) is 0.294. The van der Waals surface area contributed by atoms with Crippen LogP contribution in [0.25, 0.3) is 11.1 Å². The van der Waals surface area contributed by atoms with Gasteiger partial charge in [-0.15, -0.1) is 0 Å². The van der Waals surface area contributed by atoms with Crippen molar-refractivity contribution < 1.29 is 13.5 Å². The normalized spacial score (nSPS) is 24.8. The van der Waals surface area contributed by atoms with Crippen molar-refractivity contribution in [3.8, 4) is 11.1 Å². The highest BCUT2D eigenvalue weighted by Crippen LogP contribution is 2.37. The number of nitrogens with one attached hydrogen (secondary N) is 1. The Balaban J connectivity index is 1.60. The van der Waals surface area contributed by atoms with Gasteiger partial charge in [-0.05, 0) is 40.8 Å². The largest absolute Gasteiger partial charge is 0.390 e. The molecular formula is C17H17NO3S. The predicted molar refractivity (Wildman–Crippen MR) is 86.8 cm³/mol. The Bertz CT molecular complexity index is 845. The molecule has 114 valence electrons. The molecule has 0 amide bonds. The van der Waals surface area contributed by atoms with E-state index in [0.717, 1.165) is 12.1 Å². The summed E-state index contributed by atoms with van der Waals surface area (Å²) in [5.41, 5.74) is 5.93. The van der Waals surface area contributed by atoms with Crippen LogP contribution in [-0.4, -0.2) is 37.2 Å². The number of rotatable bonds is 2. The van der Waals surface area contributed by atoms with Gasteiger partial charge in [0.25, 0.3) is 0 Å². The van der Waals surface area contributed by atoms with Crippen LogP contribution in [0.3, 0.4) is 0 Å². The first kappa shape index (κ1) is 13.8. The summed E-state index contributed by atoms with van der Waals surface area (Å²) in [7, 11) is -3.13. The number of sulfone groups is 1. The zero-order valence-electron chi connectivity index (χ0n) is 12.0. The molecule has 2 N–H and O–H groups in total. The Labute approximate surface area is 129 Å². The highest BCUT2D eigenvalue weighted by molar-refractivity contribution is 7.91. The van der Waals surface area contributed by atoms with Crippen LogP contribution >= 0.6 is 0 Å². The predicted octanol–water partition coefficient (Wildman–Crippen LogP) is 1.83. The molecule has 0 bridgehead atoms. The summed E-state index contributed by atoms with van der Waals surface area (Å²) in [4.78, 5) is 0. The third kappa shape index (κ3) is 2.30. The summed E-state index contributed by atoms with van der Waals surface area (Å²) in [5.74, 6) is -0.160. The van der Waals surface area contributed by atoms with Crippen molar-refractivity contribution in [2.75, 3.05) is 16.8 Å². The minimum absolute atomic E-state index is 0.00846. The van der Waals surface area contributed by atoms with Crippen LogP contribution in [0.15, 0.2) is 42.5 Å². The van der Waals surface area contributed by atoms with Gasteiger partial charge in [0.15, 0.2) is 9.84 Å². The molecule has 1 aliphatic carbocycles. The summed E-state index contributed by atoms with van der Waals surface area (Å²) in [6.45, 7) is 0. The quantitative estimate of drug-likeness (QED) is 0.757. The first-order chi connectivity index (χ1) is 10.5. The average molecular weight is 315 g/mol. The van der Waals surface area contributed by atoms with Crippen LogP contribution in [0.1, 0.15) is 11.1 Å². The van der Waals surface area contributed by atoms with Gasteiger partial charge >= 0.3 is 0 Å². The molecule has 1 saturated heterocycles. The zero-order valence-corrected chi connectivity index (χ0v) is 12.8. The van der Waals surface area contributed by atoms with Crippen LogP contribution in [0.2, 0.25) is 0 Å². The first-order valence-electron chi connectivity index (χ1n) is 7.38. The lowest BCUT2D eigenvalue weighted by molar-refractivity contribution is 0.190. The molecule has 2 aromatic carbocycles. The van der Waals surface area contributed by atoms with Gasteiger partial charge in [-0.25, -0.2) is 8.42 Å². The Hall–Kier alpha value is -1.85. The molecule has 0 radical (unpaired) electrons. The smallest absolute Gasteiger partial charge is 0.155 e. The lowest BCUT2D eigenvalue weighted by Gasteiger charge is -2.17. The van der Waals surface area contributed by atoms with E-state index >= 15 is 0 Å². The van der Waals surface area contributed by atoms with Crippen LogP contribution in [0.5, 0.6) is 0 Å². The van der Waals surface area contributed by atoms with Gasteiger partial charge in [0.2, 0.25) is 0 Å². The summed E-state index contributed by atoms with van der Waals surface area (Å²) >= 11 is 0. The van der Waals surface area contributed by atoms with Crippen molar-refractivity contribution in [2.45, 2.75) is 18.6 Å². The standard InChI is InChI=1S/C17H17NO3S/c19-17-10-22(20,21)9-16(17)18-13-5-6-15-12(8-13)7-11-3-1-2-4-14(11)15/h1-6,8,16-19H,7,9-10H2/t16-,17+/m0/s1. The Morgan fingerprint density at radius 2 is 1.77 bits per heavy atom. The molecular weight excluding hydrogens is 298 g/mol. The lowest BCUT2D eigenvalue weighted by atomic mass is 10.1. The maximum atomic E-state index is 11.6. The summed E-state index contributed by atoms with van der Waals surface area (Å²) < 4.78 is 23.2. The number of benzene rings is 2. The third-order valence-corrected chi connectivity index (χ3v) is 6.18. The van der Waals surface area contributed by atoms with Gasteiger partial charge < -0.3 is 10.4 Å². The van der Waals surface area contributed by atoms with Crippen molar-refractivity contribution in [2.24, 2.45) is 0 Å². The van der Waals surface area contributed by atoms with E-state index in [-0.39, 0.29) is 11.5 Å². The second-order valence-corrected chi connectivity index (χ2v) is 8.25. The topological polar surface area (TPSA) is 66.4 Å². The molecule has 1 fully saturated rings. The van der Waals surface area contributed by atoms with E-state index in [9.17, 15) is 13.5 Å². The van der Waals surface area contributed by atoms with Crippen LogP contribution in [0, 0.1) is 0 Å². The molecule has 1 aliphatic heterocycles. The maximum Gasteiger partial charge on any atom is 0.155 e. The van der Waals surface area contributed by atoms with E-state index in [1.54, 1.807) is 0 Å². The van der Waals surface area contributed by atoms with Gasteiger partial charge in [0.05, 0.1) is 23.7 Å². The number of anilines is 1. The van der Waals surface area contributed by atoms with Crippen molar-refractivity contribution in [3.05, 3.63) is 53.6 Å². The number of aliphatic hydroxyl groups is 1. The second-order valence-electron chi connectivity index (χ2n) is 6.10. The van der Waals surface area contributed by atoms with Crippen molar-refractivity contribution >= 4 is 15.5 Å². The van der Waals surface area contributed by atoms with E-state index in [4.69, 9.17) is 0 Å². The van der Waals surface area contributed by atoms with Crippen LogP contribution < -0.4 is 5.32 Å². The van der Waals surface area contributed by atoms with Crippen LogP contribution in [-0.2, 0) is 16.3 Å². The fourth-order valence-corrected chi connectivity index (χ4v) is 5.16. The van der Waals surface area contributed by atoms with E-state index in [1.807, 2.05) is 18.2 Å². The van der Waals surface area contributed by atoms with E-state index < -0.39 is 22.0 Å².